The number of thioether (sulfide) groups is 1. The van der Waals surface area contributed by atoms with E-state index in [-0.39, 0.29) is 12.0 Å². The van der Waals surface area contributed by atoms with Gasteiger partial charge < -0.3 is 9.47 Å². The van der Waals surface area contributed by atoms with Crippen LogP contribution in [-0.2, 0) is 16.1 Å². The Morgan fingerprint density at radius 2 is 2.00 bits per heavy atom. The topological polar surface area (TPSA) is 51.1 Å². The average molecular weight is 409 g/mol. The summed E-state index contributed by atoms with van der Waals surface area (Å²) in [5.74, 6) is 1.53. The lowest BCUT2D eigenvalue weighted by molar-refractivity contribution is -0.122. The van der Waals surface area contributed by atoms with E-state index in [4.69, 9.17) is 9.47 Å². The molecule has 1 fully saturated rings. The van der Waals surface area contributed by atoms with E-state index in [1.54, 1.807) is 23.8 Å². The lowest BCUT2D eigenvalue weighted by Gasteiger charge is -2.18. The number of amides is 1. The van der Waals surface area contributed by atoms with Crippen LogP contribution in [0.5, 0.6) is 5.75 Å². The molecule has 4 rings (SSSR count). The standard InChI is InChI=1S/C23H24N2O3S/c1-27-19-11-9-17(10-12-19)14-21-22(26)25(15-18-6-3-2-4-7-18)23(24-21)29-16-20-8-5-13-28-20/h2-4,6-7,9-12,14,20H,5,8,13,15-16H2,1H3. The molecule has 0 radical (unpaired) electrons. The van der Waals surface area contributed by atoms with Crippen LogP contribution in [0.3, 0.4) is 0 Å². The molecule has 1 atom stereocenters. The van der Waals surface area contributed by atoms with Crippen LogP contribution in [0.15, 0.2) is 65.3 Å². The molecule has 2 heterocycles. The van der Waals surface area contributed by atoms with Crippen molar-refractivity contribution in [2.45, 2.75) is 25.5 Å². The maximum Gasteiger partial charge on any atom is 0.278 e. The summed E-state index contributed by atoms with van der Waals surface area (Å²) < 4.78 is 10.9. The Bertz CT molecular complexity index is 903. The maximum absolute atomic E-state index is 13.1. The van der Waals surface area contributed by atoms with E-state index < -0.39 is 0 Å². The first-order valence-corrected chi connectivity index (χ1v) is 10.8. The first-order valence-electron chi connectivity index (χ1n) is 9.77. The molecule has 1 amide bonds. The lowest BCUT2D eigenvalue weighted by Crippen LogP contribution is -2.30. The number of aliphatic imine (C=N–C) groups is 1. The zero-order valence-corrected chi connectivity index (χ0v) is 17.2. The van der Waals surface area contributed by atoms with Gasteiger partial charge in [0.1, 0.15) is 11.4 Å². The predicted octanol–water partition coefficient (Wildman–Crippen LogP) is 4.35. The molecule has 150 valence electrons. The Balaban J connectivity index is 1.55. The molecule has 2 aromatic rings. The summed E-state index contributed by atoms with van der Waals surface area (Å²) in [6.07, 6.45) is 4.25. The molecule has 0 saturated carbocycles. The van der Waals surface area contributed by atoms with Gasteiger partial charge in [-0.3, -0.25) is 9.69 Å². The fourth-order valence-corrected chi connectivity index (χ4v) is 4.41. The molecule has 0 aliphatic carbocycles. The van der Waals surface area contributed by atoms with E-state index in [0.717, 1.165) is 47.2 Å². The summed E-state index contributed by atoms with van der Waals surface area (Å²) in [6, 6.07) is 17.6. The van der Waals surface area contributed by atoms with Gasteiger partial charge in [-0.15, -0.1) is 0 Å². The summed E-state index contributed by atoms with van der Waals surface area (Å²) >= 11 is 1.60. The first-order chi connectivity index (χ1) is 14.2. The first kappa shape index (κ1) is 19.7. The largest absolute Gasteiger partial charge is 0.497 e. The van der Waals surface area contributed by atoms with E-state index >= 15 is 0 Å². The molecule has 2 aromatic carbocycles. The van der Waals surface area contributed by atoms with Crippen LogP contribution in [0.2, 0.25) is 0 Å². The van der Waals surface area contributed by atoms with Gasteiger partial charge in [-0.2, -0.15) is 0 Å². The Hall–Kier alpha value is -2.57. The van der Waals surface area contributed by atoms with E-state index in [0.29, 0.717) is 12.2 Å². The SMILES string of the molecule is COc1ccc(C=C2N=C(SCC3CCCO3)N(Cc3ccccc3)C2=O)cc1. The number of nitrogens with zero attached hydrogens (tertiary/aromatic N) is 2. The van der Waals surface area contributed by atoms with Gasteiger partial charge in [0.25, 0.3) is 5.91 Å². The number of carbonyl (C=O) groups is 1. The van der Waals surface area contributed by atoms with Crippen molar-refractivity contribution >= 4 is 28.9 Å². The number of ether oxygens (including phenoxy) is 2. The molecule has 5 nitrogen and oxygen atoms in total. The van der Waals surface area contributed by atoms with Crippen LogP contribution >= 0.6 is 11.8 Å². The van der Waals surface area contributed by atoms with Crippen molar-refractivity contribution in [3.8, 4) is 5.75 Å². The summed E-state index contributed by atoms with van der Waals surface area (Å²) in [5.41, 5.74) is 2.46. The van der Waals surface area contributed by atoms with Crippen LogP contribution in [0.1, 0.15) is 24.0 Å². The number of carbonyl (C=O) groups excluding carboxylic acids is 1. The van der Waals surface area contributed by atoms with Gasteiger partial charge in [-0.05, 0) is 42.2 Å². The van der Waals surface area contributed by atoms with Crippen LogP contribution < -0.4 is 4.74 Å². The van der Waals surface area contributed by atoms with E-state index in [9.17, 15) is 4.79 Å². The summed E-state index contributed by atoms with van der Waals surface area (Å²) in [4.78, 5) is 19.6. The number of hydrogen-bond acceptors (Lipinski definition) is 5. The van der Waals surface area contributed by atoms with Crippen molar-refractivity contribution < 1.29 is 14.3 Å². The smallest absolute Gasteiger partial charge is 0.278 e. The highest BCUT2D eigenvalue weighted by atomic mass is 32.2. The summed E-state index contributed by atoms with van der Waals surface area (Å²) in [7, 11) is 1.64. The van der Waals surface area contributed by atoms with Crippen molar-refractivity contribution in [3.05, 3.63) is 71.4 Å². The van der Waals surface area contributed by atoms with Crippen molar-refractivity contribution in [2.24, 2.45) is 4.99 Å². The van der Waals surface area contributed by atoms with Gasteiger partial charge in [0.05, 0.1) is 19.8 Å². The molecule has 2 aliphatic heterocycles. The van der Waals surface area contributed by atoms with Crippen LogP contribution in [0, 0.1) is 0 Å². The number of amidine groups is 1. The van der Waals surface area contributed by atoms with Gasteiger partial charge in [-0.1, -0.05) is 54.2 Å². The quantitative estimate of drug-likeness (QED) is 0.667. The zero-order chi connectivity index (χ0) is 20.1. The number of benzene rings is 2. The fourth-order valence-electron chi connectivity index (χ4n) is 3.35. The minimum Gasteiger partial charge on any atom is -0.497 e. The molecule has 1 unspecified atom stereocenters. The van der Waals surface area contributed by atoms with E-state index in [1.165, 1.54) is 0 Å². The van der Waals surface area contributed by atoms with E-state index in [2.05, 4.69) is 4.99 Å². The Labute approximate surface area is 175 Å². The molecule has 1 saturated heterocycles. The Morgan fingerprint density at radius 3 is 2.69 bits per heavy atom. The number of hydrogen-bond donors (Lipinski definition) is 0. The Morgan fingerprint density at radius 1 is 1.21 bits per heavy atom. The van der Waals surface area contributed by atoms with Gasteiger partial charge >= 0.3 is 0 Å². The predicted molar refractivity (Wildman–Crippen MR) is 117 cm³/mol. The normalized spacial score (nSPS) is 20.4. The van der Waals surface area contributed by atoms with Crippen LogP contribution in [0.25, 0.3) is 6.08 Å². The van der Waals surface area contributed by atoms with Crippen molar-refractivity contribution in [3.63, 3.8) is 0 Å². The van der Waals surface area contributed by atoms with E-state index in [1.807, 2.05) is 60.7 Å². The highest BCUT2D eigenvalue weighted by molar-refractivity contribution is 8.13. The molecule has 0 aromatic heterocycles. The van der Waals surface area contributed by atoms with Crippen molar-refractivity contribution in [1.29, 1.82) is 0 Å². The molecular weight excluding hydrogens is 384 g/mol. The second-order valence-corrected chi connectivity index (χ2v) is 8.01. The van der Waals surface area contributed by atoms with Gasteiger partial charge in [0, 0.05) is 12.4 Å². The fraction of sp³-hybridized carbons (Fsp3) is 0.304. The molecule has 29 heavy (non-hydrogen) atoms. The third-order valence-electron chi connectivity index (χ3n) is 4.94. The minimum atomic E-state index is -0.0699. The molecular formula is C23H24N2O3S. The summed E-state index contributed by atoms with van der Waals surface area (Å²) in [6.45, 7) is 1.34. The molecule has 2 aliphatic rings. The molecule has 6 heteroatoms. The second kappa shape index (κ2) is 9.29. The average Bonchev–Trinajstić information content (AvgIpc) is 3.38. The van der Waals surface area contributed by atoms with Gasteiger partial charge in [0.15, 0.2) is 5.17 Å². The van der Waals surface area contributed by atoms with Crippen LogP contribution in [0.4, 0.5) is 0 Å². The third kappa shape index (κ3) is 4.89. The third-order valence-corrected chi connectivity index (χ3v) is 6.04. The minimum absolute atomic E-state index is 0.0699. The Kier molecular flexibility index (Phi) is 6.32. The van der Waals surface area contributed by atoms with Crippen LogP contribution in [-0.4, -0.2) is 41.5 Å². The van der Waals surface area contributed by atoms with Crippen molar-refractivity contribution in [1.82, 2.24) is 4.90 Å². The highest BCUT2D eigenvalue weighted by Crippen LogP contribution is 2.28. The monoisotopic (exact) mass is 408 g/mol. The highest BCUT2D eigenvalue weighted by Gasteiger charge is 2.31. The zero-order valence-electron chi connectivity index (χ0n) is 16.4. The second-order valence-electron chi connectivity index (χ2n) is 7.02. The molecule has 0 spiro atoms. The molecule has 0 bridgehead atoms. The number of rotatable bonds is 6. The van der Waals surface area contributed by atoms with Crippen molar-refractivity contribution in [2.75, 3.05) is 19.5 Å². The maximum atomic E-state index is 13.1. The molecule has 0 N–H and O–H groups in total. The number of methoxy groups -OCH3 is 1. The van der Waals surface area contributed by atoms with Gasteiger partial charge in [-0.25, -0.2) is 4.99 Å². The lowest BCUT2D eigenvalue weighted by atomic mass is 10.1. The van der Waals surface area contributed by atoms with Gasteiger partial charge in [0.2, 0.25) is 0 Å². The summed E-state index contributed by atoms with van der Waals surface area (Å²) in [5, 5.41) is 0.745.